The summed E-state index contributed by atoms with van der Waals surface area (Å²) >= 11 is 0. The van der Waals surface area contributed by atoms with Crippen molar-refractivity contribution in [2.75, 3.05) is 56.5 Å². The van der Waals surface area contributed by atoms with E-state index in [1.165, 1.54) is 24.8 Å². The van der Waals surface area contributed by atoms with Crippen LogP contribution in [-0.2, 0) is 12.0 Å². The molecule has 5 aromatic rings. The van der Waals surface area contributed by atoms with Crippen LogP contribution in [-0.4, -0.2) is 92.6 Å². The lowest BCUT2D eigenvalue weighted by Crippen LogP contribution is -2.43. The van der Waals surface area contributed by atoms with Gasteiger partial charge in [-0.25, -0.2) is 9.48 Å². The van der Waals surface area contributed by atoms with Gasteiger partial charge in [0.15, 0.2) is 5.65 Å². The summed E-state index contributed by atoms with van der Waals surface area (Å²) in [6, 6.07) is 24.0. The summed E-state index contributed by atoms with van der Waals surface area (Å²) in [5.74, 6) is 2.27. The number of aromatic nitrogens is 5. The molecule has 5 heterocycles. The average Bonchev–Trinajstić information content (AvgIpc) is 3.80. The standard InChI is InChI=1S/C42H56N10O2/c1-31(54-35-19-21-38-45-46-41(51(38)30-35)50-22-10-7-11-23-50)14-20-36(33-12-8-6-9-13-33)43-40(53)44-39-28-37(42(2,3)4)47-52(39)34-17-15-32(16-18-34)29-49-26-24-48(5)25-27-49/h6,8-9,12-13,15-19,21,28,30-31,36H,7,10-11,14,20,22-27,29H2,1-5H3,(H2,43,44,53)/t31-,36-/m0/s1. The predicted octanol–water partition coefficient (Wildman–Crippen LogP) is 7.06. The molecule has 0 spiro atoms. The van der Waals surface area contributed by atoms with Crippen LogP contribution in [0.2, 0.25) is 0 Å². The van der Waals surface area contributed by atoms with Gasteiger partial charge >= 0.3 is 6.03 Å². The Morgan fingerprint density at radius 1 is 0.870 bits per heavy atom. The Kier molecular flexibility index (Phi) is 11.5. The predicted molar refractivity (Wildman–Crippen MR) is 215 cm³/mol. The van der Waals surface area contributed by atoms with E-state index in [-0.39, 0.29) is 23.6 Å². The number of fused-ring (bicyclic) bond motifs is 1. The highest BCUT2D eigenvalue weighted by Crippen LogP contribution is 2.28. The van der Waals surface area contributed by atoms with Gasteiger partial charge in [-0.3, -0.25) is 14.6 Å². The van der Waals surface area contributed by atoms with Gasteiger partial charge in [-0.15, -0.1) is 10.2 Å². The van der Waals surface area contributed by atoms with E-state index in [1.807, 2.05) is 51.7 Å². The number of nitrogens with one attached hydrogen (secondary N) is 2. The lowest BCUT2D eigenvalue weighted by Gasteiger charge is -2.32. The van der Waals surface area contributed by atoms with E-state index in [4.69, 9.17) is 9.84 Å². The maximum absolute atomic E-state index is 13.8. The van der Waals surface area contributed by atoms with Crippen molar-refractivity contribution in [1.29, 1.82) is 0 Å². The number of rotatable bonds is 12. The molecule has 0 bridgehead atoms. The molecule has 0 unspecified atom stereocenters. The van der Waals surface area contributed by atoms with Gasteiger partial charge in [0.1, 0.15) is 11.6 Å². The fourth-order valence-corrected chi connectivity index (χ4v) is 7.29. The molecule has 12 nitrogen and oxygen atoms in total. The molecule has 2 aliphatic rings. The second-order valence-electron chi connectivity index (χ2n) is 16.0. The van der Waals surface area contributed by atoms with Gasteiger partial charge in [0.2, 0.25) is 5.95 Å². The Balaban J connectivity index is 1.02. The summed E-state index contributed by atoms with van der Waals surface area (Å²) in [5, 5.41) is 20.3. The number of hydrogen-bond acceptors (Lipinski definition) is 8. The Morgan fingerprint density at radius 2 is 1.61 bits per heavy atom. The molecule has 12 heteroatoms. The van der Waals surface area contributed by atoms with E-state index in [1.54, 1.807) is 0 Å². The zero-order chi connectivity index (χ0) is 37.7. The molecule has 0 radical (unpaired) electrons. The van der Waals surface area contributed by atoms with Crippen molar-refractivity contribution in [1.82, 2.24) is 39.5 Å². The van der Waals surface area contributed by atoms with Crippen molar-refractivity contribution in [2.24, 2.45) is 0 Å². The van der Waals surface area contributed by atoms with E-state index < -0.39 is 0 Å². The second kappa shape index (κ2) is 16.6. The molecule has 0 saturated carbocycles. The van der Waals surface area contributed by atoms with Gasteiger partial charge < -0.3 is 19.9 Å². The normalized spacial score (nSPS) is 17.0. The van der Waals surface area contributed by atoms with Crippen molar-refractivity contribution >= 4 is 23.4 Å². The second-order valence-corrected chi connectivity index (χ2v) is 16.0. The van der Waals surface area contributed by atoms with Crippen LogP contribution in [0.3, 0.4) is 0 Å². The third-order valence-electron chi connectivity index (χ3n) is 10.6. The summed E-state index contributed by atoms with van der Waals surface area (Å²) in [4.78, 5) is 21.0. The van der Waals surface area contributed by atoms with Crippen LogP contribution in [0.5, 0.6) is 5.75 Å². The highest BCUT2D eigenvalue weighted by molar-refractivity contribution is 5.89. The average molecular weight is 733 g/mol. The molecule has 2 saturated heterocycles. The number of carbonyl (C=O) groups is 1. The lowest BCUT2D eigenvalue weighted by molar-refractivity contribution is 0.148. The number of nitrogens with zero attached hydrogens (tertiary/aromatic N) is 8. The number of urea groups is 1. The van der Waals surface area contributed by atoms with Crippen molar-refractivity contribution in [3.8, 4) is 11.4 Å². The third-order valence-corrected chi connectivity index (χ3v) is 10.6. The highest BCUT2D eigenvalue weighted by Gasteiger charge is 2.24. The van der Waals surface area contributed by atoms with Crippen LogP contribution in [0, 0.1) is 0 Å². The van der Waals surface area contributed by atoms with E-state index in [0.717, 1.165) is 86.5 Å². The molecule has 2 aromatic carbocycles. The topological polar surface area (TPSA) is 108 Å². The largest absolute Gasteiger partial charge is 0.489 e. The number of hydrogen-bond donors (Lipinski definition) is 2. The van der Waals surface area contributed by atoms with E-state index >= 15 is 0 Å². The fourth-order valence-electron chi connectivity index (χ4n) is 7.29. The number of benzene rings is 2. The molecule has 7 rings (SSSR count). The molecule has 0 aliphatic carbocycles. The van der Waals surface area contributed by atoms with Crippen LogP contribution in [0.4, 0.5) is 16.6 Å². The van der Waals surface area contributed by atoms with Crippen molar-refractivity contribution in [2.45, 2.75) is 83.9 Å². The Labute approximate surface area is 319 Å². The smallest absolute Gasteiger partial charge is 0.320 e. The summed E-state index contributed by atoms with van der Waals surface area (Å²) in [5.41, 5.74) is 4.72. The van der Waals surface area contributed by atoms with E-state index in [0.29, 0.717) is 12.2 Å². The number of piperazine rings is 1. The molecule has 2 aliphatic heterocycles. The zero-order valence-corrected chi connectivity index (χ0v) is 32.5. The van der Waals surface area contributed by atoms with Crippen molar-refractivity contribution < 1.29 is 9.53 Å². The first-order valence-corrected chi connectivity index (χ1v) is 19.6. The zero-order valence-electron chi connectivity index (χ0n) is 32.5. The van der Waals surface area contributed by atoms with Gasteiger partial charge in [-0.2, -0.15) is 5.10 Å². The van der Waals surface area contributed by atoms with Crippen molar-refractivity contribution in [3.05, 3.63) is 95.8 Å². The van der Waals surface area contributed by atoms with Crippen LogP contribution in [0.1, 0.15) is 82.7 Å². The first-order chi connectivity index (χ1) is 26.1. The molecule has 2 N–H and O–H groups in total. The molecule has 54 heavy (non-hydrogen) atoms. The van der Waals surface area contributed by atoms with Crippen LogP contribution < -0.4 is 20.3 Å². The molecule has 2 amide bonds. The summed E-state index contributed by atoms with van der Waals surface area (Å²) < 4.78 is 10.3. The molecule has 2 fully saturated rings. The SMILES string of the molecule is C[C@@H](CC[C@H](NC(=O)Nc1cc(C(C)(C)C)nn1-c1ccc(CN2CCN(C)CC2)cc1)c1ccccc1)Oc1ccc2nnc(N3CCCCC3)n2c1. The first kappa shape index (κ1) is 37.4. The number of likely N-dealkylation sites (N-methyl/N-ethyl adjacent to an activating group) is 1. The number of amides is 2. The minimum atomic E-state index is -0.283. The van der Waals surface area contributed by atoms with Gasteiger partial charge in [-0.05, 0) is 81.5 Å². The number of carbonyl (C=O) groups excluding carboxylic acids is 1. The van der Waals surface area contributed by atoms with Gasteiger partial charge in [0.25, 0.3) is 0 Å². The Bertz CT molecular complexity index is 1970. The fraction of sp³-hybridized carbons (Fsp3) is 0.476. The van der Waals surface area contributed by atoms with Crippen LogP contribution >= 0.6 is 0 Å². The minimum absolute atomic E-state index is 0.0940. The first-order valence-electron chi connectivity index (χ1n) is 19.6. The maximum atomic E-state index is 13.8. The van der Waals surface area contributed by atoms with E-state index in [2.05, 4.69) is 107 Å². The van der Waals surface area contributed by atoms with Crippen LogP contribution in [0.15, 0.2) is 79.0 Å². The monoisotopic (exact) mass is 732 g/mol. The molecule has 3 aromatic heterocycles. The number of pyridine rings is 1. The number of anilines is 2. The maximum Gasteiger partial charge on any atom is 0.320 e. The molecular weight excluding hydrogens is 677 g/mol. The van der Waals surface area contributed by atoms with Gasteiger partial charge in [-0.1, -0.05) is 63.2 Å². The number of ether oxygens (including phenoxy) is 1. The summed E-state index contributed by atoms with van der Waals surface area (Å²) in [6.07, 6.45) is 6.91. The molecule has 286 valence electrons. The van der Waals surface area contributed by atoms with Gasteiger partial charge in [0.05, 0.1) is 29.7 Å². The van der Waals surface area contributed by atoms with E-state index in [9.17, 15) is 4.79 Å². The highest BCUT2D eigenvalue weighted by atomic mass is 16.5. The Morgan fingerprint density at radius 3 is 2.33 bits per heavy atom. The Hall–Kier alpha value is -4.94. The summed E-state index contributed by atoms with van der Waals surface area (Å²) in [6.45, 7) is 15.7. The quantitative estimate of drug-likeness (QED) is 0.141. The van der Waals surface area contributed by atoms with Gasteiger partial charge in [0, 0.05) is 57.3 Å². The third kappa shape index (κ3) is 9.22. The summed E-state index contributed by atoms with van der Waals surface area (Å²) in [7, 11) is 2.18. The molecular formula is C42H56N10O2. The number of piperidine rings is 1. The van der Waals surface area contributed by atoms with Crippen LogP contribution in [0.25, 0.3) is 11.3 Å². The molecule has 2 atom stereocenters. The van der Waals surface area contributed by atoms with Crippen molar-refractivity contribution in [3.63, 3.8) is 0 Å². The minimum Gasteiger partial charge on any atom is -0.489 e. The lowest BCUT2D eigenvalue weighted by atomic mass is 9.92.